The van der Waals surface area contributed by atoms with Gasteiger partial charge in [0.15, 0.2) is 6.04 Å². The van der Waals surface area contributed by atoms with Crippen molar-refractivity contribution in [1.29, 1.82) is 0 Å². The molecule has 0 fully saturated rings. The van der Waals surface area contributed by atoms with Gasteiger partial charge in [-0.1, -0.05) is 0 Å². The maximum atomic E-state index is 11.6. The van der Waals surface area contributed by atoms with Crippen LogP contribution in [0.15, 0.2) is 0 Å². The van der Waals surface area contributed by atoms with Crippen molar-refractivity contribution in [3.8, 4) is 0 Å². The molecule has 0 saturated heterocycles. The molecule has 1 atom stereocenters. The number of hydrogen-bond acceptors (Lipinski definition) is 5. The lowest BCUT2D eigenvalue weighted by molar-refractivity contribution is -0.148. The third kappa shape index (κ3) is 6.19. The summed E-state index contributed by atoms with van der Waals surface area (Å²) in [6, 6.07) is -1.39. The molecule has 0 aliphatic rings. The minimum Gasteiger partial charge on any atom is -0.481 e. The van der Waals surface area contributed by atoms with Gasteiger partial charge in [-0.25, -0.2) is 4.79 Å². The van der Waals surface area contributed by atoms with Gasteiger partial charge in [0.25, 0.3) is 0 Å². The van der Waals surface area contributed by atoms with Crippen molar-refractivity contribution in [2.45, 2.75) is 45.2 Å². The van der Waals surface area contributed by atoms with Crippen molar-refractivity contribution in [1.82, 2.24) is 5.32 Å². The van der Waals surface area contributed by atoms with Gasteiger partial charge in [-0.3, -0.25) is 9.59 Å². The van der Waals surface area contributed by atoms with Gasteiger partial charge in [-0.05, 0) is 27.2 Å². The Labute approximate surface area is 106 Å². The molecular weight excluding hydrogens is 240 g/mol. The van der Waals surface area contributed by atoms with E-state index in [2.05, 4.69) is 10.1 Å². The average molecular weight is 260 g/mol. The van der Waals surface area contributed by atoms with Gasteiger partial charge < -0.3 is 20.9 Å². The van der Waals surface area contributed by atoms with Gasteiger partial charge in [0, 0.05) is 12.0 Å². The predicted octanol–water partition coefficient (Wildman–Crippen LogP) is -0.364. The van der Waals surface area contributed by atoms with E-state index in [4.69, 9.17) is 10.8 Å². The predicted molar refractivity (Wildman–Crippen MR) is 63.7 cm³/mol. The Kier molecular flexibility index (Phi) is 6.32. The molecular formula is C11H20N2O5. The van der Waals surface area contributed by atoms with Crippen LogP contribution in [0.4, 0.5) is 0 Å². The summed E-state index contributed by atoms with van der Waals surface area (Å²) in [5, 5.41) is 11.1. The SMILES string of the molecule is CCOC(=O)C(N)C(=O)NC(C)(C)CCC(=O)O. The first-order valence-corrected chi connectivity index (χ1v) is 5.65. The average Bonchev–Trinajstić information content (AvgIpc) is 2.25. The van der Waals surface area contributed by atoms with Crippen LogP contribution in [-0.2, 0) is 19.1 Å². The highest BCUT2D eigenvalue weighted by Gasteiger charge is 2.29. The summed E-state index contributed by atoms with van der Waals surface area (Å²) in [4.78, 5) is 33.3. The number of amides is 1. The molecule has 1 amide bonds. The number of ether oxygens (including phenoxy) is 1. The Balaban J connectivity index is 4.36. The summed E-state index contributed by atoms with van der Waals surface area (Å²) < 4.78 is 4.62. The fraction of sp³-hybridized carbons (Fsp3) is 0.727. The summed E-state index contributed by atoms with van der Waals surface area (Å²) in [6.45, 7) is 5.07. The van der Waals surface area contributed by atoms with Gasteiger partial charge in [0.2, 0.25) is 5.91 Å². The molecule has 0 spiro atoms. The van der Waals surface area contributed by atoms with Crippen LogP contribution in [0, 0.1) is 0 Å². The lowest BCUT2D eigenvalue weighted by atomic mass is 9.98. The van der Waals surface area contributed by atoms with Crippen LogP contribution in [0.25, 0.3) is 0 Å². The smallest absolute Gasteiger partial charge is 0.332 e. The molecule has 7 nitrogen and oxygen atoms in total. The molecule has 0 aromatic rings. The van der Waals surface area contributed by atoms with Crippen molar-refractivity contribution >= 4 is 17.8 Å². The van der Waals surface area contributed by atoms with E-state index in [1.165, 1.54) is 0 Å². The second-order valence-corrected chi connectivity index (χ2v) is 4.50. The zero-order valence-electron chi connectivity index (χ0n) is 10.9. The summed E-state index contributed by atoms with van der Waals surface area (Å²) in [7, 11) is 0. The highest BCUT2D eigenvalue weighted by Crippen LogP contribution is 2.11. The van der Waals surface area contributed by atoms with Crippen molar-refractivity contribution < 1.29 is 24.2 Å². The van der Waals surface area contributed by atoms with E-state index >= 15 is 0 Å². The Bertz CT molecular complexity index is 327. The van der Waals surface area contributed by atoms with Gasteiger partial charge in [-0.2, -0.15) is 0 Å². The van der Waals surface area contributed by atoms with Gasteiger partial charge in [0.1, 0.15) is 0 Å². The minimum absolute atomic E-state index is 0.0814. The summed E-state index contributed by atoms with van der Waals surface area (Å²) in [5.74, 6) is -2.43. The molecule has 18 heavy (non-hydrogen) atoms. The molecule has 1 unspecified atom stereocenters. The molecule has 0 rings (SSSR count). The second kappa shape index (κ2) is 6.95. The Morgan fingerprint density at radius 3 is 2.39 bits per heavy atom. The largest absolute Gasteiger partial charge is 0.481 e. The highest BCUT2D eigenvalue weighted by molar-refractivity contribution is 6.01. The third-order valence-corrected chi connectivity index (χ3v) is 2.25. The number of esters is 1. The van der Waals surface area contributed by atoms with E-state index in [0.29, 0.717) is 0 Å². The lowest BCUT2D eigenvalue weighted by Gasteiger charge is -2.26. The van der Waals surface area contributed by atoms with E-state index in [1.807, 2.05) is 0 Å². The number of aliphatic carboxylic acids is 1. The zero-order chi connectivity index (χ0) is 14.3. The summed E-state index contributed by atoms with van der Waals surface area (Å²) >= 11 is 0. The van der Waals surface area contributed by atoms with Crippen LogP contribution < -0.4 is 11.1 Å². The van der Waals surface area contributed by atoms with Crippen molar-refractivity contribution in [3.05, 3.63) is 0 Å². The number of carboxylic acid groups (broad SMARTS) is 1. The minimum atomic E-state index is -1.39. The number of carboxylic acids is 1. The topological polar surface area (TPSA) is 119 Å². The maximum Gasteiger partial charge on any atom is 0.332 e. The zero-order valence-corrected chi connectivity index (χ0v) is 10.9. The molecule has 0 aliphatic heterocycles. The normalized spacial score (nSPS) is 12.7. The molecule has 0 bridgehead atoms. The van der Waals surface area contributed by atoms with E-state index < -0.39 is 29.4 Å². The lowest BCUT2D eigenvalue weighted by Crippen LogP contribution is -2.53. The van der Waals surface area contributed by atoms with Crippen molar-refractivity contribution in [3.63, 3.8) is 0 Å². The first-order chi connectivity index (χ1) is 8.19. The fourth-order valence-electron chi connectivity index (χ4n) is 1.23. The molecule has 4 N–H and O–H groups in total. The second-order valence-electron chi connectivity index (χ2n) is 4.50. The molecule has 7 heteroatoms. The Morgan fingerprint density at radius 2 is 1.94 bits per heavy atom. The molecule has 0 aromatic heterocycles. The summed E-state index contributed by atoms with van der Waals surface area (Å²) in [5.41, 5.74) is 4.66. The number of nitrogens with two attached hydrogens (primary N) is 1. The molecule has 104 valence electrons. The van der Waals surface area contributed by atoms with Crippen LogP contribution in [0.5, 0.6) is 0 Å². The fourth-order valence-corrected chi connectivity index (χ4v) is 1.23. The number of carbonyl (C=O) groups excluding carboxylic acids is 2. The van der Waals surface area contributed by atoms with E-state index in [1.54, 1.807) is 20.8 Å². The highest BCUT2D eigenvalue weighted by atomic mass is 16.5. The number of hydrogen-bond donors (Lipinski definition) is 3. The maximum absolute atomic E-state index is 11.6. The van der Waals surface area contributed by atoms with Gasteiger partial charge in [-0.15, -0.1) is 0 Å². The van der Waals surface area contributed by atoms with Crippen LogP contribution in [-0.4, -0.2) is 41.1 Å². The Morgan fingerprint density at radius 1 is 1.39 bits per heavy atom. The molecule has 0 radical (unpaired) electrons. The van der Waals surface area contributed by atoms with E-state index in [0.717, 1.165) is 0 Å². The van der Waals surface area contributed by atoms with Crippen molar-refractivity contribution in [2.75, 3.05) is 6.61 Å². The monoisotopic (exact) mass is 260 g/mol. The number of rotatable bonds is 7. The quantitative estimate of drug-likeness (QED) is 0.424. The van der Waals surface area contributed by atoms with E-state index in [-0.39, 0.29) is 19.4 Å². The molecule has 0 heterocycles. The molecule has 0 aliphatic carbocycles. The standard InChI is InChI=1S/C11H20N2O5/c1-4-18-10(17)8(12)9(16)13-11(2,3)6-5-7(14)15/h8H,4-6,12H2,1-3H3,(H,13,16)(H,14,15). The summed E-state index contributed by atoms with van der Waals surface area (Å²) in [6.07, 6.45) is 0.158. The van der Waals surface area contributed by atoms with Gasteiger partial charge >= 0.3 is 11.9 Å². The molecule has 0 saturated carbocycles. The van der Waals surface area contributed by atoms with E-state index in [9.17, 15) is 14.4 Å². The first-order valence-electron chi connectivity index (χ1n) is 5.65. The van der Waals surface area contributed by atoms with Crippen LogP contribution >= 0.6 is 0 Å². The van der Waals surface area contributed by atoms with Gasteiger partial charge in [0.05, 0.1) is 6.61 Å². The number of nitrogens with one attached hydrogen (secondary N) is 1. The molecule has 0 aromatic carbocycles. The van der Waals surface area contributed by atoms with Crippen LogP contribution in [0.2, 0.25) is 0 Å². The van der Waals surface area contributed by atoms with Crippen LogP contribution in [0.1, 0.15) is 33.6 Å². The number of carbonyl (C=O) groups is 3. The first kappa shape index (κ1) is 16.4. The Hall–Kier alpha value is -1.63. The van der Waals surface area contributed by atoms with Crippen LogP contribution in [0.3, 0.4) is 0 Å². The third-order valence-electron chi connectivity index (χ3n) is 2.25. The van der Waals surface area contributed by atoms with Crippen molar-refractivity contribution in [2.24, 2.45) is 5.73 Å².